The van der Waals surface area contributed by atoms with Crippen molar-refractivity contribution in [3.05, 3.63) is 27.7 Å². The number of aromatic amines is 1. The second-order valence-corrected chi connectivity index (χ2v) is 6.05. The Bertz CT molecular complexity index is 518. The highest BCUT2D eigenvalue weighted by molar-refractivity contribution is 7.99. The van der Waals surface area contributed by atoms with Gasteiger partial charge >= 0.3 is 0 Å². The number of likely N-dealkylation sites (tertiary alicyclic amines) is 1. The van der Waals surface area contributed by atoms with Gasteiger partial charge in [0.05, 0.1) is 0 Å². The van der Waals surface area contributed by atoms with Gasteiger partial charge in [0, 0.05) is 35.0 Å². The standard InChI is InChI=1S/C13H16N2O2S/c16-8-15-4-1-9(2-5-15)10-7-12-11(3-6-18-12)14-13(10)17/h7-9H,1-6H2,(H,14,17). The van der Waals surface area contributed by atoms with Crippen molar-refractivity contribution in [3.63, 3.8) is 0 Å². The van der Waals surface area contributed by atoms with Crippen molar-refractivity contribution < 1.29 is 4.79 Å². The minimum Gasteiger partial charge on any atom is -0.345 e. The van der Waals surface area contributed by atoms with E-state index < -0.39 is 0 Å². The van der Waals surface area contributed by atoms with Gasteiger partial charge in [-0.2, -0.15) is 0 Å². The fourth-order valence-corrected chi connectivity index (χ4v) is 3.83. The predicted molar refractivity (Wildman–Crippen MR) is 71.1 cm³/mol. The molecule has 0 unspecified atom stereocenters. The van der Waals surface area contributed by atoms with E-state index in [1.165, 1.54) is 4.90 Å². The maximum Gasteiger partial charge on any atom is 0.251 e. The molecule has 1 N–H and O–H groups in total. The first-order chi connectivity index (χ1) is 8.78. The molecule has 1 saturated heterocycles. The van der Waals surface area contributed by atoms with Crippen molar-refractivity contribution in [2.45, 2.75) is 30.1 Å². The molecule has 96 valence electrons. The van der Waals surface area contributed by atoms with Crippen molar-refractivity contribution in [2.24, 2.45) is 0 Å². The second kappa shape index (κ2) is 4.80. The third kappa shape index (κ3) is 2.07. The van der Waals surface area contributed by atoms with Crippen LogP contribution >= 0.6 is 11.8 Å². The van der Waals surface area contributed by atoms with Crippen LogP contribution in [-0.2, 0) is 11.2 Å². The van der Waals surface area contributed by atoms with Crippen LogP contribution in [0.4, 0.5) is 0 Å². The summed E-state index contributed by atoms with van der Waals surface area (Å²) >= 11 is 1.82. The lowest BCUT2D eigenvalue weighted by Gasteiger charge is -2.29. The van der Waals surface area contributed by atoms with Gasteiger partial charge < -0.3 is 9.88 Å². The van der Waals surface area contributed by atoms with Gasteiger partial charge in [-0.15, -0.1) is 11.8 Å². The van der Waals surface area contributed by atoms with Gasteiger partial charge in [-0.05, 0) is 31.2 Å². The first-order valence-corrected chi connectivity index (χ1v) is 7.34. The fraction of sp³-hybridized carbons (Fsp3) is 0.538. The molecule has 0 radical (unpaired) electrons. The van der Waals surface area contributed by atoms with Gasteiger partial charge in [-0.3, -0.25) is 9.59 Å². The van der Waals surface area contributed by atoms with E-state index in [1.807, 2.05) is 11.8 Å². The zero-order chi connectivity index (χ0) is 12.5. The number of carbonyl (C=O) groups excluding carboxylic acids is 1. The topological polar surface area (TPSA) is 53.2 Å². The van der Waals surface area contributed by atoms with Crippen molar-refractivity contribution in [2.75, 3.05) is 18.8 Å². The number of nitrogens with one attached hydrogen (secondary N) is 1. The smallest absolute Gasteiger partial charge is 0.251 e. The molecule has 18 heavy (non-hydrogen) atoms. The molecule has 1 amide bonds. The molecule has 2 aliphatic rings. The number of hydrogen-bond acceptors (Lipinski definition) is 3. The summed E-state index contributed by atoms with van der Waals surface area (Å²) in [5.41, 5.74) is 2.08. The summed E-state index contributed by atoms with van der Waals surface area (Å²) in [4.78, 5) is 28.8. The van der Waals surface area contributed by atoms with Crippen LogP contribution in [0.3, 0.4) is 0 Å². The fourth-order valence-electron chi connectivity index (χ4n) is 2.76. The third-order valence-corrected chi connectivity index (χ3v) is 4.92. The van der Waals surface area contributed by atoms with Crippen LogP contribution in [0, 0.1) is 0 Å². The summed E-state index contributed by atoms with van der Waals surface area (Å²) in [5.74, 6) is 1.37. The highest BCUT2D eigenvalue weighted by atomic mass is 32.2. The minimum absolute atomic E-state index is 0.0702. The molecule has 0 saturated carbocycles. The number of amides is 1. The average Bonchev–Trinajstić information content (AvgIpc) is 2.85. The third-order valence-electron chi connectivity index (χ3n) is 3.84. The molecular weight excluding hydrogens is 248 g/mol. The van der Waals surface area contributed by atoms with Crippen molar-refractivity contribution >= 4 is 18.2 Å². The molecular formula is C13H16N2O2S. The first kappa shape index (κ1) is 11.8. The maximum absolute atomic E-state index is 12.1. The Morgan fingerprint density at radius 3 is 2.89 bits per heavy atom. The van der Waals surface area contributed by atoms with E-state index >= 15 is 0 Å². The Labute approximate surface area is 110 Å². The number of aryl methyl sites for hydroxylation is 1. The monoisotopic (exact) mass is 264 g/mol. The molecule has 3 rings (SSSR count). The van der Waals surface area contributed by atoms with Gasteiger partial charge in [0.2, 0.25) is 6.41 Å². The number of rotatable bonds is 2. The average molecular weight is 264 g/mol. The van der Waals surface area contributed by atoms with E-state index in [0.717, 1.165) is 55.8 Å². The molecule has 0 atom stereocenters. The van der Waals surface area contributed by atoms with Gasteiger partial charge in [0.25, 0.3) is 5.56 Å². The highest BCUT2D eigenvalue weighted by Gasteiger charge is 2.24. The zero-order valence-corrected chi connectivity index (χ0v) is 11.0. The van der Waals surface area contributed by atoms with E-state index in [9.17, 15) is 9.59 Å². The van der Waals surface area contributed by atoms with Crippen molar-refractivity contribution in [3.8, 4) is 0 Å². The minimum atomic E-state index is 0.0702. The summed E-state index contributed by atoms with van der Waals surface area (Å²) in [6.45, 7) is 1.52. The molecule has 5 heteroatoms. The number of nitrogens with zero attached hydrogens (tertiary/aromatic N) is 1. The largest absolute Gasteiger partial charge is 0.345 e. The Morgan fingerprint density at radius 1 is 1.39 bits per heavy atom. The number of pyridine rings is 1. The maximum atomic E-state index is 12.1. The molecule has 0 aromatic carbocycles. The number of fused-ring (bicyclic) bond motifs is 1. The second-order valence-electron chi connectivity index (χ2n) is 4.91. The van der Waals surface area contributed by atoms with Gasteiger partial charge in [-0.1, -0.05) is 0 Å². The predicted octanol–water partition coefficient (Wildman–Crippen LogP) is 1.36. The Balaban J connectivity index is 1.85. The van der Waals surface area contributed by atoms with E-state index in [0.29, 0.717) is 5.92 Å². The lowest BCUT2D eigenvalue weighted by Crippen LogP contribution is -2.33. The summed E-state index contributed by atoms with van der Waals surface area (Å²) in [5, 5.41) is 0. The van der Waals surface area contributed by atoms with Crippen LogP contribution in [-0.4, -0.2) is 35.1 Å². The summed E-state index contributed by atoms with van der Waals surface area (Å²) in [7, 11) is 0. The number of thioether (sulfide) groups is 1. The van der Waals surface area contributed by atoms with Crippen LogP contribution < -0.4 is 5.56 Å². The normalized spacial score (nSPS) is 19.9. The molecule has 0 spiro atoms. The summed E-state index contributed by atoms with van der Waals surface area (Å²) < 4.78 is 0. The van der Waals surface area contributed by atoms with Crippen LogP contribution in [0.1, 0.15) is 30.0 Å². The van der Waals surface area contributed by atoms with Gasteiger partial charge in [0.15, 0.2) is 0 Å². The Morgan fingerprint density at radius 2 is 2.17 bits per heavy atom. The van der Waals surface area contributed by atoms with E-state index in [-0.39, 0.29) is 5.56 Å². The number of carbonyl (C=O) groups is 1. The van der Waals surface area contributed by atoms with Crippen LogP contribution in [0.25, 0.3) is 0 Å². The number of hydrogen-bond donors (Lipinski definition) is 1. The highest BCUT2D eigenvalue weighted by Crippen LogP contribution is 2.33. The van der Waals surface area contributed by atoms with Crippen LogP contribution in [0.15, 0.2) is 15.8 Å². The van der Waals surface area contributed by atoms with Crippen molar-refractivity contribution in [1.82, 2.24) is 9.88 Å². The number of aromatic nitrogens is 1. The molecule has 0 bridgehead atoms. The van der Waals surface area contributed by atoms with Crippen LogP contribution in [0.2, 0.25) is 0 Å². The molecule has 0 aliphatic carbocycles. The first-order valence-electron chi connectivity index (χ1n) is 6.36. The van der Waals surface area contributed by atoms with Gasteiger partial charge in [-0.25, -0.2) is 0 Å². The molecule has 3 heterocycles. The summed E-state index contributed by atoms with van der Waals surface area (Å²) in [6, 6.07) is 2.08. The lowest BCUT2D eigenvalue weighted by atomic mass is 9.90. The number of piperidine rings is 1. The lowest BCUT2D eigenvalue weighted by molar-refractivity contribution is -0.119. The van der Waals surface area contributed by atoms with Gasteiger partial charge in [0.1, 0.15) is 0 Å². The Kier molecular flexibility index (Phi) is 3.16. The van der Waals surface area contributed by atoms with E-state index in [4.69, 9.17) is 0 Å². The van der Waals surface area contributed by atoms with Crippen LogP contribution in [0.5, 0.6) is 0 Å². The van der Waals surface area contributed by atoms with Crippen molar-refractivity contribution in [1.29, 1.82) is 0 Å². The molecule has 4 nitrogen and oxygen atoms in total. The Hall–Kier alpha value is -1.23. The SMILES string of the molecule is O=CN1CCC(c2cc3c([nH]c2=O)CCS3)CC1. The molecule has 1 aromatic heterocycles. The molecule has 1 aromatic rings. The summed E-state index contributed by atoms with van der Waals surface area (Å²) in [6.07, 6.45) is 3.66. The number of H-pyrrole nitrogens is 1. The van der Waals surface area contributed by atoms with E-state index in [1.54, 1.807) is 4.90 Å². The van der Waals surface area contributed by atoms with E-state index in [2.05, 4.69) is 11.1 Å². The quantitative estimate of drug-likeness (QED) is 0.821. The molecule has 2 aliphatic heterocycles. The molecule has 1 fully saturated rings. The zero-order valence-electron chi connectivity index (χ0n) is 10.1.